The van der Waals surface area contributed by atoms with Crippen LogP contribution < -0.4 is 0 Å². The van der Waals surface area contributed by atoms with Gasteiger partial charge in [0.25, 0.3) is 0 Å². The molecule has 0 atom stereocenters. The molecule has 2 nitrogen and oxygen atoms in total. The summed E-state index contributed by atoms with van der Waals surface area (Å²) in [5.41, 5.74) is 0. The Balaban J connectivity index is 0. The van der Waals surface area contributed by atoms with Gasteiger partial charge in [-0.15, -0.1) is 0 Å². The van der Waals surface area contributed by atoms with E-state index in [2.05, 4.69) is 19.1 Å². The van der Waals surface area contributed by atoms with E-state index in [1.54, 1.807) is 0 Å². The van der Waals surface area contributed by atoms with Gasteiger partial charge in [0.15, 0.2) is 0 Å². The van der Waals surface area contributed by atoms with Crippen LogP contribution in [0.15, 0.2) is 12.2 Å². The standard InChI is InChI=1S/C18H34O2.Fe/c1-2-3-4-5-6-7-8-9-10-11-12-13-14-15-16-17-18(19)20;/h9-10H,2-8,11-17H2,1H3,(H,19,20);. The molecule has 0 aliphatic rings. The number of allylic oxidation sites excluding steroid dienone is 2. The molecule has 0 saturated heterocycles. The Kier molecular flexibility index (Phi) is 21.6. The molecule has 3 heteroatoms. The molecule has 0 amide bonds. The summed E-state index contributed by atoms with van der Waals surface area (Å²) in [6.45, 7) is 2.26. The summed E-state index contributed by atoms with van der Waals surface area (Å²) in [5, 5.41) is 8.51. The third kappa shape index (κ3) is 22.2. The van der Waals surface area contributed by atoms with Crippen molar-refractivity contribution in [3.05, 3.63) is 12.2 Å². The first-order valence-electron chi connectivity index (χ1n) is 8.64. The molecule has 0 unspecified atom stereocenters. The van der Waals surface area contributed by atoms with Crippen molar-refractivity contribution in [3.63, 3.8) is 0 Å². The van der Waals surface area contributed by atoms with E-state index in [1.807, 2.05) is 0 Å². The first-order chi connectivity index (χ1) is 9.77. The van der Waals surface area contributed by atoms with Gasteiger partial charge in [0.1, 0.15) is 0 Å². The maximum absolute atomic E-state index is 10.3. The minimum atomic E-state index is -0.664. The second kappa shape index (κ2) is 19.7. The van der Waals surface area contributed by atoms with Crippen LogP contribution in [0.2, 0.25) is 0 Å². The van der Waals surface area contributed by atoms with Crippen LogP contribution in [-0.4, -0.2) is 11.1 Å². The number of carbonyl (C=O) groups is 1. The minimum absolute atomic E-state index is 0. The fourth-order valence-electron chi connectivity index (χ4n) is 2.35. The maximum Gasteiger partial charge on any atom is 0.303 e. The van der Waals surface area contributed by atoms with Crippen LogP contribution in [0.5, 0.6) is 0 Å². The number of hydrogen-bond donors (Lipinski definition) is 1. The third-order valence-electron chi connectivity index (χ3n) is 3.65. The number of carboxylic acids is 1. The summed E-state index contributed by atoms with van der Waals surface area (Å²) in [6.07, 6.45) is 21.2. The van der Waals surface area contributed by atoms with Crippen molar-refractivity contribution >= 4 is 5.97 Å². The summed E-state index contributed by atoms with van der Waals surface area (Å²) in [6, 6.07) is 0. The molecule has 1 N–H and O–H groups in total. The van der Waals surface area contributed by atoms with Crippen LogP contribution >= 0.6 is 0 Å². The molecule has 0 aliphatic carbocycles. The number of hydrogen-bond acceptors (Lipinski definition) is 1. The van der Waals surface area contributed by atoms with Crippen molar-refractivity contribution in [2.75, 3.05) is 0 Å². The summed E-state index contributed by atoms with van der Waals surface area (Å²) in [4.78, 5) is 10.3. The van der Waals surface area contributed by atoms with Crippen LogP contribution in [0.3, 0.4) is 0 Å². The molecule has 0 fully saturated rings. The quantitative estimate of drug-likeness (QED) is 0.222. The topological polar surface area (TPSA) is 37.3 Å². The average Bonchev–Trinajstić information content (AvgIpc) is 2.43. The van der Waals surface area contributed by atoms with E-state index in [-0.39, 0.29) is 17.1 Å². The molecule has 0 spiro atoms. The van der Waals surface area contributed by atoms with Gasteiger partial charge in [0.05, 0.1) is 0 Å². The third-order valence-corrected chi connectivity index (χ3v) is 3.65. The Morgan fingerprint density at radius 2 is 1.19 bits per heavy atom. The summed E-state index contributed by atoms with van der Waals surface area (Å²) in [5.74, 6) is -0.664. The zero-order valence-electron chi connectivity index (χ0n) is 13.8. The van der Waals surface area contributed by atoms with Gasteiger partial charge in [-0.3, -0.25) is 4.79 Å². The van der Waals surface area contributed by atoms with E-state index < -0.39 is 5.97 Å². The molecule has 126 valence electrons. The van der Waals surface area contributed by atoms with Crippen molar-refractivity contribution in [1.29, 1.82) is 0 Å². The summed E-state index contributed by atoms with van der Waals surface area (Å²) < 4.78 is 0. The van der Waals surface area contributed by atoms with Crippen molar-refractivity contribution in [3.8, 4) is 0 Å². The smallest absolute Gasteiger partial charge is 0.303 e. The molecule has 0 saturated carbocycles. The van der Waals surface area contributed by atoms with Gasteiger partial charge in [0.2, 0.25) is 0 Å². The number of aliphatic carboxylic acids is 1. The van der Waals surface area contributed by atoms with Crippen molar-refractivity contribution in [1.82, 2.24) is 0 Å². The van der Waals surface area contributed by atoms with E-state index >= 15 is 0 Å². The molecule has 0 aromatic rings. The summed E-state index contributed by atoms with van der Waals surface area (Å²) in [7, 11) is 0. The molecule has 0 aliphatic heterocycles. The number of carboxylic acid groups (broad SMARTS) is 1. The Labute approximate surface area is 142 Å². The predicted molar refractivity (Wildman–Crippen MR) is 87.1 cm³/mol. The Bertz CT molecular complexity index is 239. The van der Waals surface area contributed by atoms with Crippen LogP contribution in [0.1, 0.15) is 96.8 Å². The number of unbranched alkanes of at least 4 members (excludes halogenated alkanes) is 11. The zero-order chi connectivity index (χ0) is 14.9. The molecule has 0 rings (SSSR count). The van der Waals surface area contributed by atoms with Crippen LogP contribution in [-0.2, 0) is 21.9 Å². The SMILES string of the molecule is CCCCCCCCC=CCCCCCCCC(=O)O.[Fe]. The molecule has 0 aromatic carbocycles. The molecular weight excluding hydrogens is 304 g/mol. The molecule has 0 bridgehead atoms. The summed E-state index contributed by atoms with van der Waals surface area (Å²) >= 11 is 0. The van der Waals surface area contributed by atoms with Crippen molar-refractivity contribution < 1.29 is 27.0 Å². The molecule has 0 radical (unpaired) electrons. The Morgan fingerprint density at radius 1 is 0.762 bits per heavy atom. The Hall–Kier alpha value is -0.271. The van der Waals surface area contributed by atoms with E-state index in [0.29, 0.717) is 6.42 Å². The van der Waals surface area contributed by atoms with Gasteiger partial charge in [0, 0.05) is 23.5 Å². The van der Waals surface area contributed by atoms with Gasteiger partial charge in [-0.25, -0.2) is 0 Å². The van der Waals surface area contributed by atoms with E-state index in [9.17, 15) is 4.79 Å². The van der Waals surface area contributed by atoms with Gasteiger partial charge in [-0.1, -0.05) is 70.4 Å². The molecule has 0 aromatic heterocycles. The second-order valence-electron chi connectivity index (χ2n) is 5.73. The van der Waals surface area contributed by atoms with E-state index in [0.717, 1.165) is 12.8 Å². The van der Waals surface area contributed by atoms with Crippen LogP contribution in [0, 0.1) is 0 Å². The largest absolute Gasteiger partial charge is 0.481 e. The average molecular weight is 338 g/mol. The van der Waals surface area contributed by atoms with Gasteiger partial charge in [-0.05, 0) is 32.1 Å². The molecular formula is C18H34FeO2. The van der Waals surface area contributed by atoms with Crippen LogP contribution in [0.4, 0.5) is 0 Å². The molecule has 21 heavy (non-hydrogen) atoms. The fraction of sp³-hybridized carbons (Fsp3) is 0.833. The van der Waals surface area contributed by atoms with Gasteiger partial charge in [-0.2, -0.15) is 0 Å². The second-order valence-corrected chi connectivity index (χ2v) is 5.73. The van der Waals surface area contributed by atoms with Crippen molar-refractivity contribution in [2.24, 2.45) is 0 Å². The zero-order valence-corrected chi connectivity index (χ0v) is 14.9. The fourth-order valence-corrected chi connectivity index (χ4v) is 2.35. The predicted octanol–water partition coefficient (Wildman–Crippen LogP) is 6.11. The Morgan fingerprint density at radius 3 is 1.67 bits per heavy atom. The van der Waals surface area contributed by atoms with Gasteiger partial charge >= 0.3 is 5.97 Å². The van der Waals surface area contributed by atoms with E-state index in [1.165, 1.54) is 70.6 Å². The first-order valence-corrected chi connectivity index (χ1v) is 8.64. The maximum atomic E-state index is 10.3. The van der Waals surface area contributed by atoms with E-state index in [4.69, 9.17) is 5.11 Å². The first kappa shape index (κ1) is 23.0. The van der Waals surface area contributed by atoms with Crippen LogP contribution in [0.25, 0.3) is 0 Å². The number of rotatable bonds is 15. The van der Waals surface area contributed by atoms with Crippen molar-refractivity contribution in [2.45, 2.75) is 96.8 Å². The normalized spacial score (nSPS) is 10.7. The van der Waals surface area contributed by atoms with Gasteiger partial charge < -0.3 is 5.11 Å². The molecule has 0 heterocycles. The monoisotopic (exact) mass is 338 g/mol. The minimum Gasteiger partial charge on any atom is -0.481 e.